The SMILES string of the molecule is CCC(Oc1ccc(-c2noc(=O)[nH]2)c(F)c1)c1sc([C@H]2CC[C@H](C(F)(F)F)CC2)nc1CN1CCC(C(F)(F)F)CC1. The van der Waals surface area contributed by atoms with Gasteiger partial charge in [0.1, 0.15) is 17.7 Å². The molecule has 0 spiro atoms. The van der Waals surface area contributed by atoms with E-state index in [-0.39, 0.29) is 68.4 Å². The number of likely N-dealkylation sites (tertiary alicyclic amines) is 1. The summed E-state index contributed by atoms with van der Waals surface area (Å²) < 4.78 is 105. The first kappa shape index (κ1) is 31.5. The van der Waals surface area contributed by atoms with Crippen LogP contribution >= 0.6 is 11.3 Å². The molecule has 1 N–H and O–H groups in total. The number of H-pyrrole nitrogens is 1. The van der Waals surface area contributed by atoms with Crippen LogP contribution in [0.25, 0.3) is 11.4 Å². The molecule has 0 bridgehead atoms. The van der Waals surface area contributed by atoms with Crippen molar-refractivity contribution in [1.29, 1.82) is 0 Å². The second-order valence-corrected chi connectivity index (χ2v) is 12.2. The summed E-state index contributed by atoms with van der Waals surface area (Å²) in [7, 11) is 0. The number of thiazole rings is 1. The number of benzene rings is 1. The van der Waals surface area contributed by atoms with Crippen LogP contribution in [0.4, 0.5) is 30.7 Å². The molecule has 15 heteroatoms. The molecule has 3 heterocycles. The van der Waals surface area contributed by atoms with Gasteiger partial charge in [-0.3, -0.25) is 14.4 Å². The van der Waals surface area contributed by atoms with E-state index in [1.807, 2.05) is 11.8 Å². The summed E-state index contributed by atoms with van der Waals surface area (Å²) in [6, 6.07) is 4.04. The molecule has 1 aromatic carbocycles. The van der Waals surface area contributed by atoms with Gasteiger partial charge in [0.2, 0.25) is 0 Å². The highest BCUT2D eigenvalue weighted by molar-refractivity contribution is 7.11. The Kier molecular flexibility index (Phi) is 9.21. The third-order valence-electron chi connectivity index (χ3n) is 8.28. The van der Waals surface area contributed by atoms with E-state index >= 15 is 0 Å². The topological polar surface area (TPSA) is 84.2 Å². The minimum atomic E-state index is -4.24. The molecule has 2 aliphatic rings. The van der Waals surface area contributed by atoms with Crippen molar-refractivity contribution in [1.82, 2.24) is 20.0 Å². The number of alkyl halides is 6. The lowest BCUT2D eigenvalue weighted by Gasteiger charge is -2.32. The van der Waals surface area contributed by atoms with Crippen molar-refractivity contribution < 1.29 is 40.0 Å². The largest absolute Gasteiger partial charge is 0.485 e. The lowest BCUT2D eigenvalue weighted by Crippen LogP contribution is -2.38. The maximum absolute atomic E-state index is 14.9. The molecule has 7 nitrogen and oxygen atoms in total. The predicted octanol–water partition coefficient (Wildman–Crippen LogP) is 7.77. The van der Waals surface area contributed by atoms with E-state index in [9.17, 15) is 35.5 Å². The summed E-state index contributed by atoms with van der Waals surface area (Å²) in [4.78, 5) is 21.0. The average molecular weight is 637 g/mol. The van der Waals surface area contributed by atoms with Crippen LogP contribution in [-0.2, 0) is 6.54 Å². The highest BCUT2D eigenvalue weighted by Gasteiger charge is 2.43. The van der Waals surface area contributed by atoms with Gasteiger partial charge in [-0.1, -0.05) is 12.1 Å². The molecule has 0 radical (unpaired) electrons. The molecule has 1 atom stereocenters. The Balaban J connectivity index is 1.37. The molecular weight excluding hydrogens is 605 g/mol. The van der Waals surface area contributed by atoms with Crippen LogP contribution in [-0.4, -0.2) is 45.5 Å². The quantitative estimate of drug-likeness (QED) is 0.255. The Morgan fingerprint density at radius 1 is 1.05 bits per heavy atom. The summed E-state index contributed by atoms with van der Waals surface area (Å²) in [5.41, 5.74) is 0.622. The summed E-state index contributed by atoms with van der Waals surface area (Å²) in [6.45, 7) is 2.62. The molecule has 0 amide bonds. The van der Waals surface area contributed by atoms with E-state index in [1.165, 1.54) is 23.5 Å². The van der Waals surface area contributed by atoms with E-state index in [0.717, 1.165) is 10.9 Å². The van der Waals surface area contributed by atoms with Gasteiger partial charge in [-0.15, -0.1) is 11.3 Å². The van der Waals surface area contributed by atoms with Gasteiger partial charge < -0.3 is 4.74 Å². The van der Waals surface area contributed by atoms with Crippen molar-refractivity contribution in [2.24, 2.45) is 11.8 Å². The minimum Gasteiger partial charge on any atom is -0.485 e. The molecule has 1 aliphatic carbocycles. The molecule has 3 aromatic rings. The molecule has 2 aromatic heterocycles. The van der Waals surface area contributed by atoms with E-state index in [4.69, 9.17) is 9.72 Å². The monoisotopic (exact) mass is 636 g/mol. The molecule has 43 heavy (non-hydrogen) atoms. The second kappa shape index (κ2) is 12.6. The summed E-state index contributed by atoms with van der Waals surface area (Å²) >= 11 is 1.35. The van der Waals surface area contributed by atoms with E-state index in [2.05, 4.69) is 14.7 Å². The van der Waals surface area contributed by atoms with Gasteiger partial charge in [0.25, 0.3) is 0 Å². The second-order valence-electron chi connectivity index (χ2n) is 11.1. The number of hydrogen-bond acceptors (Lipinski definition) is 7. The molecule has 1 aliphatic heterocycles. The predicted molar refractivity (Wildman–Crippen MR) is 143 cm³/mol. The molecule has 1 unspecified atom stereocenters. The first-order chi connectivity index (χ1) is 20.3. The van der Waals surface area contributed by atoms with Crippen molar-refractivity contribution in [3.8, 4) is 17.1 Å². The van der Waals surface area contributed by atoms with Crippen LogP contribution in [0.5, 0.6) is 5.75 Å². The highest BCUT2D eigenvalue weighted by Crippen LogP contribution is 2.45. The van der Waals surface area contributed by atoms with Gasteiger partial charge in [0.15, 0.2) is 5.82 Å². The normalized spacial score (nSPS) is 21.7. The zero-order valence-electron chi connectivity index (χ0n) is 23.2. The number of nitrogens with one attached hydrogen (secondary N) is 1. The molecule has 236 valence electrons. The van der Waals surface area contributed by atoms with E-state index < -0.39 is 41.9 Å². The summed E-state index contributed by atoms with van der Waals surface area (Å²) in [5.74, 6) is -4.28. The molecule has 1 saturated carbocycles. The smallest absolute Gasteiger partial charge is 0.439 e. The number of ether oxygens (including phenoxy) is 1. The Bertz CT molecular complexity index is 1430. The molecule has 1 saturated heterocycles. The lowest BCUT2D eigenvalue weighted by molar-refractivity contribution is -0.185. The third kappa shape index (κ3) is 7.41. The van der Waals surface area contributed by atoms with Gasteiger partial charge in [0.05, 0.1) is 33.0 Å². The van der Waals surface area contributed by atoms with Crippen molar-refractivity contribution in [2.75, 3.05) is 13.1 Å². The first-order valence-electron chi connectivity index (χ1n) is 14.2. The third-order valence-corrected chi connectivity index (χ3v) is 9.64. The Morgan fingerprint density at radius 3 is 2.26 bits per heavy atom. The van der Waals surface area contributed by atoms with Crippen molar-refractivity contribution >= 4 is 11.3 Å². The number of halogens is 7. The number of nitrogens with zero attached hydrogens (tertiary/aromatic N) is 3. The maximum Gasteiger partial charge on any atom is 0.439 e. The molecular formula is C28H31F7N4O3S. The maximum atomic E-state index is 14.9. The fourth-order valence-corrected chi connectivity index (χ4v) is 7.17. The Labute approximate surface area is 246 Å². The summed E-state index contributed by atoms with van der Waals surface area (Å²) in [6.07, 6.45) is -7.95. The van der Waals surface area contributed by atoms with Crippen LogP contribution in [0.15, 0.2) is 27.5 Å². The standard InChI is InChI=1S/C28H31F7N4O3S/c1-2-22(41-18-7-8-19(20(29)13-18)24-37-26(40)42-38-24)23-21(14-39-11-9-17(10-12-39)28(33,34)35)36-25(43-23)15-3-5-16(6-4-15)27(30,31)32/h7-8,13,15-17,22H,2-6,9-12,14H2,1H3,(H,37,38,40)/t15-,16-,22?. The molecule has 5 rings (SSSR count). The average Bonchev–Trinajstić information content (AvgIpc) is 3.57. The van der Waals surface area contributed by atoms with Crippen molar-refractivity contribution in [2.45, 2.75) is 82.8 Å². The van der Waals surface area contributed by atoms with E-state index in [0.29, 0.717) is 30.0 Å². The number of aromatic nitrogens is 3. The van der Waals surface area contributed by atoms with Crippen LogP contribution in [0.1, 0.15) is 79.5 Å². The first-order valence-corrected chi connectivity index (χ1v) is 15.0. The fourth-order valence-electron chi connectivity index (χ4n) is 5.81. The van der Waals surface area contributed by atoms with Gasteiger partial charge in [0, 0.05) is 18.5 Å². The van der Waals surface area contributed by atoms with Gasteiger partial charge in [-0.05, 0) is 70.2 Å². The van der Waals surface area contributed by atoms with Gasteiger partial charge >= 0.3 is 18.1 Å². The fraction of sp³-hybridized carbons (Fsp3) is 0.607. The van der Waals surface area contributed by atoms with Gasteiger partial charge in [-0.2, -0.15) is 26.3 Å². The Hall–Kier alpha value is -2.94. The van der Waals surface area contributed by atoms with Crippen LogP contribution in [0.3, 0.4) is 0 Å². The van der Waals surface area contributed by atoms with Crippen LogP contribution < -0.4 is 10.5 Å². The lowest BCUT2D eigenvalue weighted by atomic mass is 9.82. The zero-order valence-corrected chi connectivity index (χ0v) is 24.0. The number of hydrogen-bond donors (Lipinski definition) is 1. The van der Waals surface area contributed by atoms with Crippen molar-refractivity contribution in [3.05, 3.63) is 50.1 Å². The minimum absolute atomic E-state index is 0.00346. The van der Waals surface area contributed by atoms with E-state index in [1.54, 1.807) is 0 Å². The Morgan fingerprint density at radius 2 is 1.70 bits per heavy atom. The number of aromatic amines is 1. The highest BCUT2D eigenvalue weighted by atomic mass is 32.1. The number of rotatable bonds is 8. The zero-order chi connectivity index (χ0) is 30.9. The number of piperidine rings is 1. The van der Waals surface area contributed by atoms with Crippen molar-refractivity contribution in [3.63, 3.8) is 0 Å². The summed E-state index contributed by atoms with van der Waals surface area (Å²) in [5, 5.41) is 4.18. The van der Waals surface area contributed by atoms with Gasteiger partial charge in [-0.25, -0.2) is 14.2 Å². The van der Waals surface area contributed by atoms with Crippen LogP contribution in [0, 0.1) is 17.7 Å². The molecule has 2 fully saturated rings. The van der Waals surface area contributed by atoms with Crippen LogP contribution in [0.2, 0.25) is 0 Å².